The summed E-state index contributed by atoms with van der Waals surface area (Å²) in [4.78, 5) is 3.48. The molecule has 0 amide bonds. The van der Waals surface area contributed by atoms with Gasteiger partial charge >= 0.3 is 0 Å². The van der Waals surface area contributed by atoms with Crippen LogP contribution in [-0.2, 0) is 0 Å². The number of rotatable bonds is 5. The highest BCUT2D eigenvalue weighted by atomic mass is 28.2. The molecule has 0 aromatic heterocycles. The Hall–Kier alpha value is -0.0831. The third-order valence-electron chi connectivity index (χ3n) is 1.30. The summed E-state index contributed by atoms with van der Waals surface area (Å²) in [7, 11) is 0.0311. The highest BCUT2D eigenvalue weighted by Crippen LogP contribution is 1.90. The average molecular weight is 157 g/mol. The van der Waals surface area contributed by atoms with Crippen molar-refractivity contribution in [3.05, 3.63) is 11.6 Å². The lowest BCUT2D eigenvalue weighted by atomic mass is 10.3. The van der Waals surface area contributed by atoms with Crippen molar-refractivity contribution < 1.29 is 0 Å². The van der Waals surface area contributed by atoms with E-state index < -0.39 is 0 Å². The smallest absolute Gasteiger partial charge is 0.0953 e. The quantitative estimate of drug-likeness (QED) is 0.362. The Labute approximate surface area is 66.8 Å². The highest BCUT2D eigenvalue weighted by molar-refractivity contribution is 6.32. The molecule has 2 heteroatoms. The van der Waals surface area contributed by atoms with Crippen molar-refractivity contribution in [2.45, 2.75) is 33.2 Å². The van der Waals surface area contributed by atoms with Crippen LogP contribution in [0.2, 0.25) is 6.04 Å². The van der Waals surface area contributed by atoms with Crippen molar-refractivity contribution in [3.8, 4) is 0 Å². The first-order valence-electron chi connectivity index (χ1n) is 4.11. The van der Waals surface area contributed by atoms with E-state index >= 15 is 0 Å². The van der Waals surface area contributed by atoms with Gasteiger partial charge in [0, 0.05) is 0 Å². The molecule has 0 fully saturated rings. The molecule has 0 atom stereocenters. The van der Waals surface area contributed by atoms with E-state index in [1.807, 2.05) is 0 Å². The summed E-state index contributed by atoms with van der Waals surface area (Å²) < 4.78 is 0. The number of hydrogen-bond acceptors (Lipinski definition) is 1. The number of nitrogens with one attached hydrogen (secondary N) is 1. The van der Waals surface area contributed by atoms with Gasteiger partial charge in [0.05, 0.1) is 9.68 Å². The van der Waals surface area contributed by atoms with Gasteiger partial charge in [-0.2, -0.15) is 0 Å². The zero-order valence-corrected chi connectivity index (χ0v) is 8.82. The van der Waals surface area contributed by atoms with Crippen LogP contribution in [0, 0.1) is 0 Å². The van der Waals surface area contributed by atoms with E-state index in [1.54, 1.807) is 0 Å². The van der Waals surface area contributed by atoms with E-state index in [-0.39, 0.29) is 9.68 Å². The highest BCUT2D eigenvalue weighted by Gasteiger charge is 1.83. The van der Waals surface area contributed by atoms with Gasteiger partial charge in [-0.05, 0) is 32.9 Å². The van der Waals surface area contributed by atoms with Gasteiger partial charge in [-0.1, -0.05) is 18.6 Å². The second-order valence-electron chi connectivity index (χ2n) is 2.82. The average Bonchev–Trinajstić information content (AvgIpc) is 1.87. The summed E-state index contributed by atoms with van der Waals surface area (Å²) in [6, 6.07) is 1.31. The molecule has 0 saturated heterocycles. The lowest BCUT2D eigenvalue weighted by Crippen LogP contribution is -2.18. The predicted octanol–water partition coefficient (Wildman–Crippen LogP) is 1.45. The molecule has 0 aromatic carbocycles. The minimum Gasteiger partial charge on any atom is -0.342 e. The molecule has 1 nitrogen and oxygen atoms in total. The standard InChI is InChI=1S/C8H19NSi/c1-4-6-9-10-7-5-8(2)3/h5,9H,4,6-7,10H2,1-3H3. The monoisotopic (exact) mass is 157 g/mol. The van der Waals surface area contributed by atoms with Crippen LogP contribution in [0.1, 0.15) is 27.2 Å². The van der Waals surface area contributed by atoms with E-state index in [0.29, 0.717) is 0 Å². The van der Waals surface area contributed by atoms with Crippen LogP contribution in [0.4, 0.5) is 0 Å². The summed E-state index contributed by atoms with van der Waals surface area (Å²) in [5, 5.41) is 0. The summed E-state index contributed by atoms with van der Waals surface area (Å²) >= 11 is 0. The molecule has 0 bridgehead atoms. The first kappa shape index (κ1) is 9.92. The van der Waals surface area contributed by atoms with Gasteiger partial charge in [0.15, 0.2) is 0 Å². The lowest BCUT2D eigenvalue weighted by molar-refractivity contribution is 0.859. The fraction of sp³-hybridized carbons (Fsp3) is 0.750. The van der Waals surface area contributed by atoms with E-state index in [1.165, 1.54) is 24.6 Å². The van der Waals surface area contributed by atoms with Crippen LogP contribution in [0.15, 0.2) is 11.6 Å². The molecule has 0 aliphatic rings. The molecule has 60 valence electrons. The summed E-state index contributed by atoms with van der Waals surface area (Å²) in [6.45, 7) is 7.74. The molecular weight excluding hydrogens is 138 g/mol. The number of hydrogen-bond donors (Lipinski definition) is 1. The molecule has 1 N–H and O–H groups in total. The second-order valence-corrected chi connectivity index (χ2v) is 4.40. The third-order valence-corrected chi connectivity index (χ3v) is 2.58. The molecule has 0 spiro atoms. The fourth-order valence-corrected chi connectivity index (χ4v) is 2.29. The Morgan fingerprint density at radius 3 is 2.70 bits per heavy atom. The summed E-state index contributed by atoms with van der Waals surface area (Å²) in [6.07, 6.45) is 3.59. The summed E-state index contributed by atoms with van der Waals surface area (Å²) in [5.74, 6) is 0. The Morgan fingerprint density at radius 2 is 2.20 bits per heavy atom. The van der Waals surface area contributed by atoms with Crippen molar-refractivity contribution in [1.82, 2.24) is 4.98 Å². The van der Waals surface area contributed by atoms with E-state index in [2.05, 4.69) is 31.8 Å². The van der Waals surface area contributed by atoms with Gasteiger partial charge in [0.25, 0.3) is 0 Å². The normalized spacial score (nSPS) is 10.7. The molecule has 0 saturated carbocycles. The van der Waals surface area contributed by atoms with Crippen LogP contribution in [0.3, 0.4) is 0 Å². The van der Waals surface area contributed by atoms with Crippen molar-refractivity contribution in [2.75, 3.05) is 6.54 Å². The molecule has 0 aliphatic carbocycles. The van der Waals surface area contributed by atoms with Crippen molar-refractivity contribution >= 4 is 9.68 Å². The zero-order chi connectivity index (χ0) is 7.82. The van der Waals surface area contributed by atoms with Gasteiger partial charge in [-0.15, -0.1) is 0 Å². The minimum atomic E-state index is 0.0311. The zero-order valence-electron chi connectivity index (χ0n) is 7.41. The predicted molar refractivity (Wildman–Crippen MR) is 51.1 cm³/mol. The second kappa shape index (κ2) is 7.03. The van der Waals surface area contributed by atoms with Gasteiger partial charge in [0.1, 0.15) is 0 Å². The Bertz CT molecular complexity index is 95.4. The fourth-order valence-electron chi connectivity index (χ4n) is 0.765. The molecule has 0 heterocycles. The Morgan fingerprint density at radius 1 is 1.50 bits per heavy atom. The van der Waals surface area contributed by atoms with Crippen molar-refractivity contribution in [1.29, 1.82) is 0 Å². The Kier molecular flexibility index (Phi) is 6.97. The first-order chi connectivity index (χ1) is 4.77. The molecule has 0 unspecified atom stereocenters. The Balaban J connectivity index is 2.98. The van der Waals surface area contributed by atoms with E-state index in [9.17, 15) is 0 Å². The van der Waals surface area contributed by atoms with Crippen LogP contribution in [0.5, 0.6) is 0 Å². The molecule has 0 aromatic rings. The van der Waals surface area contributed by atoms with Crippen LogP contribution in [0.25, 0.3) is 0 Å². The van der Waals surface area contributed by atoms with E-state index in [0.717, 1.165) is 0 Å². The largest absolute Gasteiger partial charge is 0.342 e. The van der Waals surface area contributed by atoms with Crippen molar-refractivity contribution in [3.63, 3.8) is 0 Å². The van der Waals surface area contributed by atoms with Crippen LogP contribution >= 0.6 is 0 Å². The molecule has 10 heavy (non-hydrogen) atoms. The molecule has 0 radical (unpaired) electrons. The third kappa shape index (κ3) is 7.92. The molecule has 0 rings (SSSR count). The van der Waals surface area contributed by atoms with Crippen LogP contribution in [-0.4, -0.2) is 16.2 Å². The van der Waals surface area contributed by atoms with Gasteiger partial charge < -0.3 is 4.98 Å². The lowest BCUT2D eigenvalue weighted by Gasteiger charge is -1.97. The molecule has 0 aliphatic heterocycles. The maximum atomic E-state index is 3.48. The number of allylic oxidation sites excluding steroid dienone is 2. The topological polar surface area (TPSA) is 12.0 Å². The van der Waals surface area contributed by atoms with Gasteiger partial charge in [0.2, 0.25) is 0 Å². The SMILES string of the molecule is CCCN[SiH2]CC=C(C)C. The van der Waals surface area contributed by atoms with Gasteiger partial charge in [-0.3, -0.25) is 0 Å². The maximum Gasteiger partial charge on any atom is 0.0953 e. The minimum absolute atomic E-state index is 0.0311. The van der Waals surface area contributed by atoms with E-state index in [4.69, 9.17) is 0 Å². The van der Waals surface area contributed by atoms with Crippen molar-refractivity contribution in [2.24, 2.45) is 0 Å². The van der Waals surface area contributed by atoms with Gasteiger partial charge in [-0.25, -0.2) is 0 Å². The first-order valence-corrected chi connectivity index (χ1v) is 5.82. The summed E-state index contributed by atoms with van der Waals surface area (Å²) in [5.41, 5.74) is 1.45. The van der Waals surface area contributed by atoms with Crippen LogP contribution < -0.4 is 4.98 Å². The molecular formula is C8H19NSi. The maximum absolute atomic E-state index is 3.48.